The lowest BCUT2D eigenvalue weighted by molar-refractivity contribution is -0.156. The molecule has 0 aliphatic heterocycles. The van der Waals surface area contributed by atoms with Crippen LogP contribution in [0.3, 0.4) is 0 Å². The summed E-state index contributed by atoms with van der Waals surface area (Å²) in [5, 5.41) is 8.78. The minimum atomic E-state index is -1.31. The Balaban J connectivity index is 3.19. The first-order chi connectivity index (χ1) is 5.22. The van der Waals surface area contributed by atoms with E-state index >= 15 is 0 Å². The lowest BCUT2D eigenvalue weighted by atomic mass is 9.45. The predicted octanol–water partition coefficient (Wildman–Crippen LogP) is 2.12. The number of hydrogen-bond donors (Lipinski definition) is 0. The van der Waals surface area contributed by atoms with Gasteiger partial charge in [0.05, 0.1) is 6.07 Å². The highest BCUT2D eigenvalue weighted by Crippen LogP contribution is 2.62. The Labute approximate surface area is 77.5 Å². The third-order valence-corrected chi connectivity index (χ3v) is 4.19. The van der Waals surface area contributed by atoms with E-state index in [0.717, 1.165) is 0 Å². The quantitative estimate of drug-likeness (QED) is 0.543. The molecule has 1 rings (SSSR count). The number of carbonyl (C=O) groups is 1. The summed E-state index contributed by atoms with van der Waals surface area (Å²) in [7, 11) is 0. The Morgan fingerprint density at radius 1 is 1.33 bits per heavy atom. The number of rotatable bonds is 0. The van der Waals surface area contributed by atoms with Crippen LogP contribution in [0.5, 0.6) is 0 Å². The van der Waals surface area contributed by atoms with Gasteiger partial charge < -0.3 is 0 Å². The van der Waals surface area contributed by atoms with E-state index in [2.05, 4.69) is 0 Å². The van der Waals surface area contributed by atoms with Crippen molar-refractivity contribution in [2.24, 2.45) is 10.8 Å². The van der Waals surface area contributed by atoms with Crippen LogP contribution >= 0.6 is 11.6 Å². The fourth-order valence-electron chi connectivity index (χ4n) is 1.56. The predicted molar refractivity (Wildman–Crippen MR) is 46.8 cm³/mol. The molecule has 12 heavy (non-hydrogen) atoms. The van der Waals surface area contributed by atoms with Crippen molar-refractivity contribution in [1.82, 2.24) is 0 Å². The van der Waals surface area contributed by atoms with Gasteiger partial charge in [0.15, 0.2) is 10.7 Å². The second-order valence-electron chi connectivity index (χ2n) is 4.35. The summed E-state index contributed by atoms with van der Waals surface area (Å²) in [5.74, 6) is -0.163. The minimum absolute atomic E-state index is 0.163. The molecule has 0 N–H and O–H groups in total. The number of ketones is 1. The van der Waals surface area contributed by atoms with E-state index in [-0.39, 0.29) is 5.78 Å². The zero-order valence-electron chi connectivity index (χ0n) is 7.73. The van der Waals surface area contributed by atoms with E-state index in [9.17, 15) is 4.79 Å². The van der Waals surface area contributed by atoms with E-state index in [1.165, 1.54) is 0 Å². The Morgan fingerprint density at radius 3 is 1.92 bits per heavy atom. The van der Waals surface area contributed by atoms with Crippen LogP contribution in [0.2, 0.25) is 0 Å². The maximum absolute atomic E-state index is 11.5. The molecule has 0 saturated heterocycles. The highest BCUT2D eigenvalue weighted by molar-refractivity contribution is 6.42. The summed E-state index contributed by atoms with van der Waals surface area (Å²) >= 11 is 5.91. The molecular weight excluding hydrogens is 174 g/mol. The average Bonchev–Trinajstić information content (AvgIpc) is 2.00. The molecule has 3 heteroatoms. The molecule has 0 aromatic rings. The van der Waals surface area contributed by atoms with Crippen LogP contribution in [0.4, 0.5) is 0 Å². The molecule has 0 heterocycles. The molecule has 0 radical (unpaired) electrons. The molecule has 0 aromatic carbocycles. The summed E-state index contributed by atoms with van der Waals surface area (Å²) in [6.07, 6.45) is 0. The van der Waals surface area contributed by atoms with Gasteiger partial charge in [0, 0.05) is 10.8 Å². The van der Waals surface area contributed by atoms with Crippen molar-refractivity contribution in [2.75, 3.05) is 0 Å². The van der Waals surface area contributed by atoms with Crippen molar-refractivity contribution >= 4 is 17.4 Å². The number of alkyl halides is 1. The number of nitrogens with zero attached hydrogens (tertiary/aromatic N) is 1. The number of carbonyl (C=O) groups excluding carboxylic acids is 1. The highest BCUT2D eigenvalue weighted by Gasteiger charge is 2.72. The number of Topliss-reactive ketones (excluding diaryl/α,β-unsaturated/α-hetero) is 1. The smallest absolute Gasteiger partial charge is 0.195 e. The monoisotopic (exact) mass is 185 g/mol. The van der Waals surface area contributed by atoms with Crippen LogP contribution in [0.25, 0.3) is 0 Å². The van der Waals surface area contributed by atoms with Crippen LogP contribution in [-0.4, -0.2) is 10.7 Å². The van der Waals surface area contributed by atoms with Gasteiger partial charge in [-0.05, 0) is 0 Å². The minimum Gasteiger partial charge on any atom is -0.296 e. The highest BCUT2D eigenvalue weighted by atomic mass is 35.5. The summed E-state index contributed by atoms with van der Waals surface area (Å²) in [5.41, 5.74) is -0.933. The standard InChI is InChI=1S/C9H12ClNO/c1-7(2)6(12)9(10,5-11)8(7,3)4/h1-4H3. The van der Waals surface area contributed by atoms with E-state index in [1.807, 2.05) is 33.8 Å². The molecule has 0 spiro atoms. The van der Waals surface area contributed by atoms with Crippen LogP contribution in [0.15, 0.2) is 0 Å². The van der Waals surface area contributed by atoms with Crippen LogP contribution in [-0.2, 0) is 4.79 Å². The van der Waals surface area contributed by atoms with Gasteiger partial charge in [0.25, 0.3) is 0 Å². The van der Waals surface area contributed by atoms with Crippen LogP contribution in [0.1, 0.15) is 27.7 Å². The molecule has 2 nitrogen and oxygen atoms in total. The number of hydrogen-bond acceptors (Lipinski definition) is 2. The molecule has 0 amide bonds. The normalized spacial score (nSPS) is 36.8. The van der Waals surface area contributed by atoms with Crippen molar-refractivity contribution in [3.8, 4) is 6.07 Å². The molecule has 1 unspecified atom stereocenters. The molecule has 0 bridgehead atoms. The van der Waals surface area contributed by atoms with Crippen LogP contribution < -0.4 is 0 Å². The van der Waals surface area contributed by atoms with Gasteiger partial charge in [-0.15, -0.1) is 0 Å². The Bertz CT molecular complexity index is 287. The fraction of sp³-hybridized carbons (Fsp3) is 0.778. The zero-order chi connectivity index (χ0) is 9.78. The van der Waals surface area contributed by atoms with E-state index in [0.29, 0.717) is 0 Å². The van der Waals surface area contributed by atoms with E-state index in [4.69, 9.17) is 16.9 Å². The van der Waals surface area contributed by atoms with Crippen LogP contribution in [0, 0.1) is 22.2 Å². The average molecular weight is 186 g/mol. The third kappa shape index (κ3) is 0.641. The van der Waals surface area contributed by atoms with E-state index in [1.54, 1.807) is 0 Å². The van der Waals surface area contributed by atoms with Crippen molar-refractivity contribution in [3.63, 3.8) is 0 Å². The summed E-state index contributed by atoms with van der Waals surface area (Å²) in [4.78, 5) is 10.2. The third-order valence-electron chi connectivity index (χ3n) is 3.46. The first kappa shape index (κ1) is 9.54. The molecule has 1 atom stereocenters. The molecular formula is C9H12ClNO. The Kier molecular flexibility index (Phi) is 1.61. The number of nitriles is 1. The van der Waals surface area contributed by atoms with Crippen molar-refractivity contribution in [3.05, 3.63) is 0 Å². The first-order valence-electron chi connectivity index (χ1n) is 3.87. The number of halogens is 1. The van der Waals surface area contributed by atoms with E-state index < -0.39 is 15.7 Å². The van der Waals surface area contributed by atoms with Gasteiger partial charge in [0.2, 0.25) is 0 Å². The SMILES string of the molecule is CC1(C)C(=O)C(Cl)(C#N)C1(C)C. The zero-order valence-corrected chi connectivity index (χ0v) is 8.49. The molecule has 1 saturated carbocycles. The maximum Gasteiger partial charge on any atom is 0.195 e. The van der Waals surface area contributed by atoms with Gasteiger partial charge in [-0.3, -0.25) is 4.79 Å². The van der Waals surface area contributed by atoms with Crippen molar-refractivity contribution < 1.29 is 4.79 Å². The summed E-state index contributed by atoms with van der Waals surface area (Å²) in [6, 6.07) is 1.89. The van der Waals surface area contributed by atoms with Gasteiger partial charge in [-0.1, -0.05) is 39.3 Å². The molecule has 0 aromatic heterocycles. The molecule has 1 aliphatic rings. The molecule has 1 fully saturated rings. The second-order valence-corrected chi connectivity index (χ2v) is 4.92. The lowest BCUT2D eigenvalue weighted by Gasteiger charge is -2.58. The van der Waals surface area contributed by atoms with Crippen molar-refractivity contribution in [2.45, 2.75) is 32.6 Å². The van der Waals surface area contributed by atoms with Gasteiger partial charge >= 0.3 is 0 Å². The second kappa shape index (κ2) is 2.03. The molecule has 1 aliphatic carbocycles. The molecule has 66 valence electrons. The first-order valence-corrected chi connectivity index (χ1v) is 4.24. The van der Waals surface area contributed by atoms with Crippen molar-refractivity contribution in [1.29, 1.82) is 5.26 Å². The maximum atomic E-state index is 11.5. The lowest BCUT2D eigenvalue weighted by Crippen LogP contribution is -2.70. The topological polar surface area (TPSA) is 40.9 Å². The Morgan fingerprint density at radius 2 is 1.75 bits per heavy atom. The Hall–Kier alpha value is -0.550. The summed E-state index contributed by atoms with van der Waals surface area (Å²) < 4.78 is 0. The summed E-state index contributed by atoms with van der Waals surface area (Å²) in [6.45, 7) is 7.36. The fourth-order valence-corrected chi connectivity index (χ4v) is 2.03. The van der Waals surface area contributed by atoms with Gasteiger partial charge in [0.1, 0.15) is 0 Å². The van der Waals surface area contributed by atoms with Gasteiger partial charge in [-0.25, -0.2) is 0 Å². The largest absolute Gasteiger partial charge is 0.296 e. The van der Waals surface area contributed by atoms with Gasteiger partial charge in [-0.2, -0.15) is 5.26 Å².